The fourth-order valence-corrected chi connectivity index (χ4v) is 3.06. The quantitative estimate of drug-likeness (QED) is 0.407. The van der Waals surface area contributed by atoms with Crippen LogP contribution in [-0.2, 0) is 4.79 Å². The van der Waals surface area contributed by atoms with Crippen molar-refractivity contribution in [3.05, 3.63) is 48.2 Å². The molecule has 0 bridgehead atoms. The number of amides is 2. The zero-order valence-electron chi connectivity index (χ0n) is 15.4. The number of pyridine rings is 1. The average molecular weight is 385 g/mol. The van der Waals surface area contributed by atoms with Crippen LogP contribution in [0.2, 0.25) is 0 Å². The molecule has 142 valence electrons. The van der Waals surface area contributed by atoms with E-state index in [2.05, 4.69) is 25.3 Å². The van der Waals surface area contributed by atoms with Crippen molar-refractivity contribution >= 4 is 45.6 Å². The van der Waals surface area contributed by atoms with Crippen molar-refractivity contribution < 1.29 is 9.59 Å². The van der Waals surface area contributed by atoms with E-state index in [1.165, 1.54) is 11.5 Å². The molecule has 0 atom stereocenters. The second-order valence-electron chi connectivity index (χ2n) is 5.23. The number of aromatic nitrogens is 2. The van der Waals surface area contributed by atoms with Gasteiger partial charge in [0.1, 0.15) is 17.3 Å². The molecule has 0 saturated heterocycles. The van der Waals surface area contributed by atoms with Crippen molar-refractivity contribution in [2.45, 2.75) is 20.3 Å². The normalized spacial score (nSPS) is 9.85. The highest BCUT2D eigenvalue weighted by Crippen LogP contribution is 2.25. The summed E-state index contributed by atoms with van der Waals surface area (Å²) in [6.07, 6.45) is 1.28. The highest BCUT2D eigenvalue weighted by Gasteiger charge is 2.08. The molecule has 0 spiro atoms. The summed E-state index contributed by atoms with van der Waals surface area (Å²) in [5, 5.41) is 9.63. The molecule has 2 aromatic heterocycles. The van der Waals surface area contributed by atoms with Crippen molar-refractivity contribution in [3.8, 4) is 0 Å². The van der Waals surface area contributed by atoms with Crippen molar-refractivity contribution in [2.75, 3.05) is 23.7 Å². The first-order valence-corrected chi connectivity index (χ1v) is 9.59. The Bertz CT molecular complexity index is 881. The molecule has 0 radical (unpaired) electrons. The van der Waals surface area contributed by atoms with Gasteiger partial charge in [-0.25, -0.2) is 4.98 Å². The predicted molar refractivity (Wildman–Crippen MR) is 110 cm³/mol. The Morgan fingerprint density at radius 1 is 1.11 bits per heavy atom. The zero-order chi connectivity index (χ0) is 19.5. The van der Waals surface area contributed by atoms with Crippen molar-refractivity contribution in [1.29, 1.82) is 0 Å². The van der Waals surface area contributed by atoms with Gasteiger partial charge in [-0.3, -0.25) is 9.59 Å². The predicted octanol–water partition coefficient (Wildman–Crippen LogP) is 3.52. The summed E-state index contributed by atoms with van der Waals surface area (Å²) in [5.74, 6) is 0.953. The maximum absolute atomic E-state index is 12.0. The summed E-state index contributed by atoms with van der Waals surface area (Å²) < 4.78 is 5.55. The SMILES string of the molecule is CC.O=CNc1cccc(C(=O)NCCCNc2nsc3ccccc23)n1. The average Bonchev–Trinajstić information content (AvgIpc) is 3.13. The molecule has 8 heteroatoms. The van der Waals surface area contributed by atoms with E-state index in [0.717, 1.165) is 22.3 Å². The topological polar surface area (TPSA) is 96.0 Å². The van der Waals surface area contributed by atoms with E-state index in [4.69, 9.17) is 0 Å². The van der Waals surface area contributed by atoms with Gasteiger partial charge in [-0.15, -0.1) is 0 Å². The van der Waals surface area contributed by atoms with E-state index in [-0.39, 0.29) is 11.6 Å². The number of fused-ring (bicyclic) bond motifs is 1. The van der Waals surface area contributed by atoms with Crippen molar-refractivity contribution in [3.63, 3.8) is 0 Å². The van der Waals surface area contributed by atoms with Gasteiger partial charge in [0.05, 0.1) is 4.70 Å². The van der Waals surface area contributed by atoms with Crippen LogP contribution in [0, 0.1) is 0 Å². The number of carbonyl (C=O) groups is 2. The lowest BCUT2D eigenvalue weighted by atomic mass is 10.2. The molecule has 0 fully saturated rings. The van der Waals surface area contributed by atoms with Gasteiger partial charge in [0, 0.05) is 18.5 Å². The maximum atomic E-state index is 12.0. The second kappa shape index (κ2) is 10.9. The van der Waals surface area contributed by atoms with Gasteiger partial charge in [-0.05, 0) is 42.2 Å². The van der Waals surface area contributed by atoms with E-state index in [1.54, 1.807) is 18.2 Å². The lowest BCUT2D eigenvalue weighted by Crippen LogP contribution is -2.26. The summed E-state index contributed by atoms with van der Waals surface area (Å²) in [6, 6.07) is 12.9. The number of rotatable bonds is 8. The van der Waals surface area contributed by atoms with Crippen LogP contribution in [0.5, 0.6) is 0 Å². The maximum Gasteiger partial charge on any atom is 0.269 e. The van der Waals surface area contributed by atoms with Crippen LogP contribution >= 0.6 is 11.5 Å². The summed E-state index contributed by atoms with van der Waals surface area (Å²) in [5.41, 5.74) is 0.269. The van der Waals surface area contributed by atoms with E-state index < -0.39 is 0 Å². The van der Waals surface area contributed by atoms with Gasteiger partial charge >= 0.3 is 0 Å². The Balaban J connectivity index is 0.00000126. The first-order valence-electron chi connectivity index (χ1n) is 8.81. The minimum absolute atomic E-state index is 0.269. The van der Waals surface area contributed by atoms with Crippen LogP contribution in [0.15, 0.2) is 42.5 Å². The number of benzene rings is 1. The Hall–Kier alpha value is -3.00. The lowest BCUT2D eigenvalue weighted by molar-refractivity contribution is -0.105. The highest BCUT2D eigenvalue weighted by atomic mass is 32.1. The first kappa shape index (κ1) is 20.3. The molecular formula is C19H23N5O2S. The zero-order valence-corrected chi connectivity index (χ0v) is 16.2. The van der Waals surface area contributed by atoms with Gasteiger partial charge in [-0.2, -0.15) is 4.37 Å². The molecule has 0 aliphatic carbocycles. The molecular weight excluding hydrogens is 362 g/mol. The van der Waals surface area contributed by atoms with Crippen LogP contribution in [0.4, 0.5) is 11.6 Å². The molecule has 27 heavy (non-hydrogen) atoms. The number of nitrogens with zero attached hydrogens (tertiary/aromatic N) is 2. The smallest absolute Gasteiger partial charge is 0.269 e. The molecule has 3 aromatic rings. The van der Waals surface area contributed by atoms with Gasteiger partial charge in [-0.1, -0.05) is 32.0 Å². The van der Waals surface area contributed by atoms with E-state index >= 15 is 0 Å². The van der Waals surface area contributed by atoms with Crippen LogP contribution in [0.1, 0.15) is 30.8 Å². The molecule has 0 saturated carbocycles. The van der Waals surface area contributed by atoms with E-state index in [0.29, 0.717) is 25.3 Å². The highest BCUT2D eigenvalue weighted by molar-refractivity contribution is 7.13. The Labute approximate surface area is 162 Å². The molecule has 1 aromatic carbocycles. The van der Waals surface area contributed by atoms with Crippen molar-refractivity contribution in [1.82, 2.24) is 14.7 Å². The monoisotopic (exact) mass is 385 g/mol. The third-order valence-corrected chi connectivity index (χ3v) is 4.32. The number of nitrogens with one attached hydrogen (secondary N) is 3. The third kappa shape index (κ3) is 5.75. The molecule has 3 N–H and O–H groups in total. The Morgan fingerprint density at radius 2 is 1.93 bits per heavy atom. The molecule has 2 amide bonds. The van der Waals surface area contributed by atoms with Crippen LogP contribution in [0.3, 0.4) is 0 Å². The number of hydrogen-bond donors (Lipinski definition) is 3. The summed E-state index contributed by atoms with van der Waals surface area (Å²) in [6.45, 7) is 5.22. The van der Waals surface area contributed by atoms with E-state index in [1.807, 2.05) is 38.1 Å². The number of carbonyl (C=O) groups excluding carboxylic acids is 2. The molecule has 7 nitrogen and oxygen atoms in total. The summed E-state index contributed by atoms with van der Waals surface area (Å²) in [4.78, 5) is 26.5. The van der Waals surface area contributed by atoms with Crippen LogP contribution in [-0.4, -0.2) is 34.8 Å². The Morgan fingerprint density at radius 3 is 2.74 bits per heavy atom. The first-order chi connectivity index (χ1) is 13.3. The summed E-state index contributed by atoms with van der Waals surface area (Å²) in [7, 11) is 0. The molecule has 0 aliphatic heterocycles. The van der Waals surface area contributed by atoms with Crippen molar-refractivity contribution in [2.24, 2.45) is 0 Å². The number of anilines is 2. The second-order valence-corrected chi connectivity index (χ2v) is 6.04. The van der Waals surface area contributed by atoms with Crippen LogP contribution < -0.4 is 16.0 Å². The minimum Gasteiger partial charge on any atom is -0.369 e. The largest absolute Gasteiger partial charge is 0.369 e. The van der Waals surface area contributed by atoms with Gasteiger partial charge in [0.25, 0.3) is 5.91 Å². The fourth-order valence-electron chi connectivity index (χ4n) is 2.30. The standard InChI is InChI=1S/C17H17N5O2S.C2H6/c23-11-20-15-8-3-6-13(21-15)17(24)19-10-4-9-18-16-12-5-1-2-7-14(12)25-22-16;1-2/h1-3,5-8,11H,4,9-10H2,(H,18,22)(H,19,24)(H,20,21,23);1-2H3. The minimum atomic E-state index is -0.270. The molecule has 2 heterocycles. The Kier molecular flexibility index (Phi) is 8.18. The van der Waals surface area contributed by atoms with Gasteiger partial charge in [0.15, 0.2) is 0 Å². The van der Waals surface area contributed by atoms with Gasteiger partial charge < -0.3 is 16.0 Å². The lowest BCUT2D eigenvalue weighted by Gasteiger charge is -2.07. The van der Waals surface area contributed by atoms with Crippen LogP contribution in [0.25, 0.3) is 10.1 Å². The molecule has 0 unspecified atom stereocenters. The molecule has 3 rings (SSSR count). The molecule has 0 aliphatic rings. The summed E-state index contributed by atoms with van der Waals surface area (Å²) >= 11 is 1.46. The third-order valence-electron chi connectivity index (χ3n) is 3.50. The van der Waals surface area contributed by atoms with E-state index in [9.17, 15) is 9.59 Å². The number of hydrogen-bond acceptors (Lipinski definition) is 6. The van der Waals surface area contributed by atoms with Gasteiger partial charge in [0.2, 0.25) is 6.41 Å². The fraction of sp³-hybridized carbons (Fsp3) is 0.263.